The van der Waals surface area contributed by atoms with Gasteiger partial charge in [-0.25, -0.2) is 4.39 Å². The quantitative estimate of drug-likeness (QED) is 0.929. The Morgan fingerprint density at radius 3 is 2.90 bits per heavy atom. The highest BCUT2D eigenvalue weighted by Gasteiger charge is 2.29. The van der Waals surface area contributed by atoms with E-state index in [-0.39, 0.29) is 11.9 Å². The Kier molecular flexibility index (Phi) is 3.76. The van der Waals surface area contributed by atoms with Crippen molar-refractivity contribution in [2.75, 3.05) is 0 Å². The summed E-state index contributed by atoms with van der Waals surface area (Å²) in [6.45, 7) is 0. The molecule has 0 aromatic heterocycles. The smallest absolute Gasteiger partial charge is 0.129 e. The van der Waals surface area contributed by atoms with Gasteiger partial charge in [0.25, 0.3) is 0 Å². The number of aliphatic hydroxyl groups excluding tert-OH is 1. The van der Waals surface area contributed by atoms with Gasteiger partial charge in [-0.15, -0.1) is 0 Å². The molecular formula is C16H14BrFO2. The molecule has 0 aliphatic carbocycles. The number of halogens is 2. The molecule has 0 radical (unpaired) electrons. The van der Waals surface area contributed by atoms with E-state index in [1.54, 1.807) is 6.07 Å². The van der Waals surface area contributed by atoms with E-state index in [9.17, 15) is 9.50 Å². The molecule has 20 heavy (non-hydrogen) atoms. The van der Waals surface area contributed by atoms with Crippen LogP contribution in [0.5, 0.6) is 5.75 Å². The molecule has 0 bridgehead atoms. The van der Waals surface area contributed by atoms with Gasteiger partial charge in [0.05, 0.1) is 6.10 Å². The molecular weight excluding hydrogens is 323 g/mol. The molecule has 1 heterocycles. The first-order valence-electron chi connectivity index (χ1n) is 6.50. The lowest BCUT2D eigenvalue weighted by atomic mass is 10.0. The van der Waals surface area contributed by atoms with E-state index in [0.29, 0.717) is 12.8 Å². The van der Waals surface area contributed by atoms with Crippen molar-refractivity contribution < 1.29 is 14.2 Å². The van der Waals surface area contributed by atoms with Crippen molar-refractivity contribution in [1.29, 1.82) is 0 Å². The van der Waals surface area contributed by atoms with Crippen LogP contribution in [0.25, 0.3) is 0 Å². The van der Waals surface area contributed by atoms with Crippen LogP contribution in [0.1, 0.15) is 11.1 Å². The van der Waals surface area contributed by atoms with Crippen molar-refractivity contribution in [1.82, 2.24) is 0 Å². The van der Waals surface area contributed by atoms with Crippen LogP contribution in [0.3, 0.4) is 0 Å². The van der Waals surface area contributed by atoms with Crippen LogP contribution >= 0.6 is 15.9 Å². The Bertz CT molecular complexity index is 605. The highest BCUT2D eigenvalue weighted by Crippen LogP contribution is 2.31. The zero-order chi connectivity index (χ0) is 14.1. The summed E-state index contributed by atoms with van der Waals surface area (Å²) in [5.74, 6) is 0.529. The van der Waals surface area contributed by atoms with Crippen molar-refractivity contribution in [2.45, 2.75) is 25.0 Å². The lowest BCUT2D eigenvalue weighted by Crippen LogP contribution is -2.32. The first-order valence-corrected chi connectivity index (χ1v) is 7.29. The van der Waals surface area contributed by atoms with Crippen LogP contribution in [0, 0.1) is 5.82 Å². The number of benzene rings is 2. The fourth-order valence-corrected chi connectivity index (χ4v) is 2.89. The Morgan fingerprint density at radius 1 is 1.30 bits per heavy atom. The van der Waals surface area contributed by atoms with E-state index < -0.39 is 6.10 Å². The van der Waals surface area contributed by atoms with Gasteiger partial charge in [0.15, 0.2) is 0 Å². The van der Waals surface area contributed by atoms with Crippen LogP contribution in [0.2, 0.25) is 0 Å². The number of hydrogen-bond donors (Lipinski definition) is 1. The highest BCUT2D eigenvalue weighted by molar-refractivity contribution is 9.10. The molecule has 1 aliphatic rings. The number of ether oxygens (including phenoxy) is 1. The van der Waals surface area contributed by atoms with Gasteiger partial charge in [-0.2, -0.15) is 0 Å². The number of hydrogen-bond acceptors (Lipinski definition) is 2. The predicted molar refractivity (Wildman–Crippen MR) is 78.4 cm³/mol. The van der Waals surface area contributed by atoms with Crippen LogP contribution in [-0.4, -0.2) is 17.3 Å². The summed E-state index contributed by atoms with van der Waals surface area (Å²) in [5, 5.41) is 10.3. The summed E-state index contributed by atoms with van der Waals surface area (Å²) in [5.41, 5.74) is 1.85. The van der Waals surface area contributed by atoms with Gasteiger partial charge in [0.1, 0.15) is 17.7 Å². The summed E-state index contributed by atoms with van der Waals surface area (Å²) in [7, 11) is 0. The van der Waals surface area contributed by atoms with Gasteiger partial charge < -0.3 is 9.84 Å². The van der Waals surface area contributed by atoms with E-state index in [0.717, 1.165) is 21.3 Å². The molecule has 0 fully saturated rings. The average molecular weight is 337 g/mol. The first kappa shape index (κ1) is 13.6. The van der Waals surface area contributed by atoms with Crippen molar-refractivity contribution in [3.8, 4) is 5.75 Å². The molecule has 1 N–H and O–H groups in total. The van der Waals surface area contributed by atoms with Crippen LogP contribution < -0.4 is 4.74 Å². The third-order valence-electron chi connectivity index (χ3n) is 3.54. The minimum atomic E-state index is -0.666. The van der Waals surface area contributed by atoms with Gasteiger partial charge in [-0.05, 0) is 35.4 Å². The van der Waals surface area contributed by atoms with E-state index in [4.69, 9.17) is 4.74 Å². The maximum Gasteiger partial charge on any atom is 0.129 e. The standard InChI is InChI=1S/C16H14BrFO2/c17-13-6-5-12(18)7-11(13)8-14(19)16-9-10-3-1-2-4-15(10)20-16/h1-7,14,16,19H,8-9H2. The van der Waals surface area contributed by atoms with Gasteiger partial charge in [-0.3, -0.25) is 0 Å². The molecule has 0 amide bonds. The summed E-state index contributed by atoms with van der Waals surface area (Å²) in [4.78, 5) is 0. The molecule has 104 valence electrons. The van der Waals surface area contributed by atoms with Gasteiger partial charge in [0.2, 0.25) is 0 Å². The second-order valence-electron chi connectivity index (χ2n) is 4.98. The molecule has 1 aliphatic heterocycles. The normalized spacial score (nSPS) is 18.4. The van der Waals surface area contributed by atoms with Gasteiger partial charge >= 0.3 is 0 Å². The Morgan fingerprint density at radius 2 is 2.10 bits per heavy atom. The topological polar surface area (TPSA) is 29.5 Å². The molecule has 2 atom stereocenters. The minimum Gasteiger partial charge on any atom is -0.487 e. The molecule has 4 heteroatoms. The fraction of sp³-hybridized carbons (Fsp3) is 0.250. The summed E-state index contributed by atoms with van der Waals surface area (Å²) in [6.07, 6.45) is 0.101. The van der Waals surface area contributed by atoms with Gasteiger partial charge in [0, 0.05) is 17.3 Å². The molecule has 2 aromatic rings. The SMILES string of the molecule is OC(Cc1cc(F)ccc1Br)C1Cc2ccccc2O1. The zero-order valence-electron chi connectivity index (χ0n) is 10.7. The zero-order valence-corrected chi connectivity index (χ0v) is 12.3. The second-order valence-corrected chi connectivity index (χ2v) is 5.83. The number of rotatable bonds is 3. The minimum absolute atomic E-state index is 0.275. The van der Waals surface area contributed by atoms with E-state index in [2.05, 4.69) is 15.9 Å². The van der Waals surface area contributed by atoms with Crippen molar-refractivity contribution in [3.63, 3.8) is 0 Å². The van der Waals surface area contributed by atoms with Crippen molar-refractivity contribution in [2.24, 2.45) is 0 Å². The Labute approximate surface area is 125 Å². The summed E-state index contributed by atoms with van der Waals surface area (Å²) >= 11 is 3.38. The van der Waals surface area contributed by atoms with Gasteiger partial charge in [-0.1, -0.05) is 34.1 Å². The maximum absolute atomic E-state index is 13.3. The summed E-state index contributed by atoms with van der Waals surface area (Å²) in [6, 6.07) is 12.3. The number of fused-ring (bicyclic) bond motifs is 1. The Balaban J connectivity index is 1.72. The molecule has 0 spiro atoms. The lowest BCUT2D eigenvalue weighted by Gasteiger charge is -2.18. The Hall–Kier alpha value is -1.39. The molecule has 0 saturated carbocycles. The van der Waals surface area contributed by atoms with Crippen LogP contribution in [0.4, 0.5) is 4.39 Å². The number of aliphatic hydroxyl groups is 1. The fourth-order valence-electron chi connectivity index (χ4n) is 2.48. The largest absolute Gasteiger partial charge is 0.487 e. The highest BCUT2D eigenvalue weighted by atomic mass is 79.9. The van der Waals surface area contributed by atoms with Crippen LogP contribution in [0.15, 0.2) is 46.9 Å². The molecule has 2 aromatic carbocycles. The van der Waals surface area contributed by atoms with E-state index >= 15 is 0 Å². The summed E-state index contributed by atoms with van der Waals surface area (Å²) < 4.78 is 19.8. The monoisotopic (exact) mass is 336 g/mol. The maximum atomic E-state index is 13.3. The van der Waals surface area contributed by atoms with Crippen LogP contribution in [-0.2, 0) is 12.8 Å². The predicted octanol–water partition coefficient (Wildman–Crippen LogP) is 3.50. The average Bonchev–Trinajstić information content (AvgIpc) is 2.87. The molecule has 2 nitrogen and oxygen atoms in total. The number of para-hydroxylation sites is 1. The third-order valence-corrected chi connectivity index (χ3v) is 4.31. The molecule has 2 unspecified atom stereocenters. The van der Waals surface area contributed by atoms with Crippen molar-refractivity contribution >= 4 is 15.9 Å². The first-order chi connectivity index (χ1) is 9.63. The lowest BCUT2D eigenvalue weighted by molar-refractivity contribution is 0.0501. The molecule has 3 rings (SSSR count). The third kappa shape index (κ3) is 2.72. The van der Waals surface area contributed by atoms with E-state index in [1.165, 1.54) is 12.1 Å². The second kappa shape index (κ2) is 5.54. The molecule has 0 saturated heterocycles. The van der Waals surface area contributed by atoms with Crippen molar-refractivity contribution in [3.05, 3.63) is 63.9 Å². The van der Waals surface area contributed by atoms with E-state index in [1.807, 2.05) is 24.3 Å².